The number of hydrogen-bond acceptors (Lipinski definition) is 6. The highest BCUT2D eigenvalue weighted by atomic mass is 19.4. The Kier molecular flexibility index (Phi) is 6.42. The number of carbonyl (C=O) groups excluding carboxylic acids is 1. The van der Waals surface area contributed by atoms with Gasteiger partial charge in [0.15, 0.2) is 5.69 Å². The van der Waals surface area contributed by atoms with Gasteiger partial charge in [0.1, 0.15) is 5.69 Å². The molecule has 1 unspecified atom stereocenters. The second-order valence-electron chi connectivity index (χ2n) is 9.57. The predicted octanol–water partition coefficient (Wildman–Crippen LogP) is 2.63. The molecule has 5 heterocycles. The molecule has 2 saturated heterocycles. The van der Waals surface area contributed by atoms with Crippen molar-refractivity contribution in [3.8, 4) is 0 Å². The van der Waals surface area contributed by atoms with E-state index in [1.54, 1.807) is 12.1 Å². The van der Waals surface area contributed by atoms with Crippen LogP contribution >= 0.6 is 0 Å². The molecule has 0 bridgehead atoms. The average Bonchev–Trinajstić information content (AvgIpc) is 3.49. The second kappa shape index (κ2) is 9.43. The number of anilines is 1. The molecule has 2 N–H and O–H groups in total. The van der Waals surface area contributed by atoms with Crippen LogP contribution in [0.15, 0.2) is 23.0 Å². The minimum Gasteiger partial charge on any atom is -0.368 e. The van der Waals surface area contributed by atoms with E-state index in [4.69, 9.17) is 0 Å². The van der Waals surface area contributed by atoms with Crippen molar-refractivity contribution in [2.24, 2.45) is 7.05 Å². The largest absolute Gasteiger partial charge is 0.435 e. The molecule has 13 heteroatoms. The van der Waals surface area contributed by atoms with Crippen LogP contribution in [0.2, 0.25) is 0 Å². The molecule has 37 heavy (non-hydrogen) atoms. The summed E-state index contributed by atoms with van der Waals surface area (Å²) in [6.07, 6.45) is -2.34. The standard InChI is InChI=1S/C24H27F4N7O2/c1-29-22(36)15-3-4-17(21(25)30-15)34-9-6-14(7-10-34)35-8-5-13(12-35)16-11-18-19(23(37)31-16)20(24(26,27)28)32-33(18)2/h3-4,11,13-14H,5-10,12H2,1-2H3,(H,29,36)(H,31,37). The van der Waals surface area contributed by atoms with Gasteiger partial charge >= 0.3 is 6.18 Å². The first-order valence-electron chi connectivity index (χ1n) is 12.1. The molecule has 0 saturated carbocycles. The molecule has 3 aromatic heterocycles. The Morgan fingerprint density at radius 2 is 1.89 bits per heavy atom. The Balaban J connectivity index is 1.25. The number of aryl methyl sites for hydroxylation is 1. The van der Waals surface area contributed by atoms with Gasteiger partial charge in [0.2, 0.25) is 5.95 Å². The number of pyridine rings is 2. The Bertz CT molecular complexity index is 1390. The van der Waals surface area contributed by atoms with Gasteiger partial charge in [0.05, 0.1) is 16.6 Å². The number of piperidine rings is 1. The SMILES string of the molecule is CNC(=O)c1ccc(N2CCC(N3CCC(c4cc5c(c(C(F)(F)F)nn5C)c(=O)[nH]4)C3)CC2)c(F)n1. The lowest BCUT2D eigenvalue weighted by Gasteiger charge is -2.37. The fraction of sp³-hybridized carbons (Fsp3) is 0.500. The summed E-state index contributed by atoms with van der Waals surface area (Å²) in [5.74, 6) is -1.14. The monoisotopic (exact) mass is 521 g/mol. The van der Waals surface area contributed by atoms with Crippen LogP contribution in [0.4, 0.5) is 23.2 Å². The molecular formula is C24H27F4N7O2. The first-order chi connectivity index (χ1) is 17.6. The molecule has 1 amide bonds. The van der Waals surface area contributed by atoms with Crippen LogP contribution in [0.25, 0.3) is 10.9 Å². The van der Waals surface area contributed by atoms with Crippen molar-refractivity contribution < 1.29 is 22.4 Å². The van der Waals surface area contributed by atoms with Crippen molar-refractivity contribution in [1.29, 1.82) is 0 Å². The Hall–Kier alpha value is -3.48. The molecule has 1 atom stereocenters. The molecule has 0 spiro atoms. The number of hydrogen-bond donors (Lipinski definition) is 2. The number of halogens is 4. The lowest BCUT2D eigenvalue weighted by atomic mass is 10.0. The van der Waals surface area contributed by atoms with Gasteiger partial charge in [-0.05, 0) is 44.0 Å². The van der Waals surface area contributed by atoms with E-state index in [1.165, 1.54) is 20.2 Å². The number of aromatic amines is 1. The highest BCUT2D eigenvalue weighted by Crippen LogP contribution is 2.35. The lowest BCUT2D eigenvalue weighted by molar-refractivity contribution is -0.140. The third-order valence-corrected chi connectivity index (χ3v) is 7.41. The summed E-state index contributed by atoms with van der Waals surface area (Å²) in [7, 11) is 2.86. The summed E-state index contributed by atoms with van der Waals surface area (Å²) in [5.41, 5.74) is -0.788. The normalized spacial score (nSPS) is 19.6. The number of fused-ring (bicyclic) bond motifs is 1. The topological polar surface area (TPSA) is 99.1 Å². The quantitative estimate of drug-likeness (QED) is 0.405. The molecule has 3 aromatic rings. The molecule has 9 nitrogen and oxygen atoms in total. The molecule has 2 aliphatic heterocycles. The number of nitrogens with zero attached hydrogens (tertiary/aromatic N) is 5. The summed E-state index contributed by atoms with van der Waals surface area (Å²) in [6, 6.07) is 4.96. The Morgan fingerprint density at radius 3 is 2.54 bits per heavy atom. The zero-order valence-electron chi connectivity index (χ0n) is 20.4. The highest BCUT2D eigenvalue weighted by molar-refractivity contribution is 5.92. The number of aromatic nitrogens is 4. The van der Waals surface area contributed by atoms with E-state index in [-0.39, 0.29) is 23.2 Å². The highest BCUT2D eigenvalue weighted by Gasteiger charge is 2.39. The van der Waals surface area contributed by atoms with Crippen LogP contribution in [-0.4, -0.2) is 69.8 Å². The van der Waals surface area contributed by atoms with Gasteiger partial charge in [-0.25, -0.2) is 4.98 Å². The van der Waals surface area contributed by atoms with Gasteiger partial charge in [-0.15, -0.1) is 0 Å². The van der Waals surface area contributed by atoms with Crippen molar-refractivity contribution in [3.05, 3.63) is 51.6 Å². The summed E-state index contributed by atoms with van der Waals surface area (Å²) in [5, 5.41) is 5.53. The first-order valence-corrected chi connectivity index (χ1v) is 12.1. The van der Waals surface area contributed by atoms with Crippen molar-refractivity contribution in [1.82, 2.24) is 30.0 Å². The van der Waals surface area contributed by atoms with Gasteiger partial charge in [-0.3, -0.25) is 19.2 Å². The molecule has 0 radical (unpaired) electrons. The van der Waals surface area contributed by atoms with E-state index in [9.17, 15) is 27.2 Å². The average molecular weight is 522 g/mol. The van der Waals surface area contributed by atoms with Crippen LogP contribution in [0, 0.1) is 5.95 Å². The Morgan fingerprint density at radius 1 is 1.16 bits per heavy atom. The maximum atomic E-state index is 14.6. The molecule has 2 aliphatic rings. The molecule has 2 fully saturated rings. The van der Waals surface area contributed by atoms with Crippen molar-refractivity contribution in [3.63, 3.8) is 0 Å². The smallest absolute Gasteiger partial charge is 0.368 e. The number of nitrogens with one attached hydrogen (secondary N) is 2. The van der Waals surface area contributed by atoms with Crippen LogP contribution < -0.4 is 15.8 Å². The number of rotatable bonds is 4. The van der Waals surface area contributed by atoms with Crippen LogP contribution in [0.5, 0.6) is 0 Å². The van der Waals surface area contributed by atoms with Gasteiger partial charge in [-0.2, -0.15) is 22.7 Å². The van der Waals surface area contributed by atoms with E-state index >= 15 is 0 Å². The molecule has 0 aliphatic carbocycles. The third-order valence-electron chi connectivity index (χ3n) is 7.41. The van der Waals surface area contributed by atoms with E-state index in [0.717, 1.165) is 30.5 Å². The minimum atomic E-state index is -4.71. The van der Waals surface area contributed by atoms with E-state index in [0.29, 0.717) is 31.0 Å². The first kappa shape index (κ1) is 25.2. The van der Waals surface area contributed by atoms with Crippen LogP contribution in [0.1, 0.15) is 47.1 Å². The predicted molar refractivity (Wildman–Crippen MR) is 128 cm³/mol. The van der Waals surface area contributed by atoms with Gasteiger partial charge in [0, 0.05) is 51.4 Å². The van der Waals surface area contributed by atoms with Crippen molar-refractivity contribution in [2.45, 2.75) is 37.4 Å². The number of amides is 1. The van der Waals surface area contributed by atoms with Crippen molar-refractivity contribution in [2.75, 3.05) is 38.1 Å². The van der Waals surface area contributed by atoms with Crippen molar-refractivity contribution >= 4 is 22.5 Å². The third kappa shape index (κ3) is 4.67. The minimum absolute atomic E-state index is 0.0155. The van der Waals surface area contributed by atoms with Crippen LogP contribution in [0.3, 0.4) is 0 Å². The molecule has 5 rings (SSSR count). The fourth-order valence-electron chi connectivity index (χ4n) is 5.48. The van der Waals surface area contributed by atoms with Gasteiger partial charge in [-0.1, -0.05) is 0 Å². The maximum Gasteiger partial charge on any atom is 0.435 e. The van der Waals surface area contributed by atoms with E-state index in [2.05, 4.69) is 25.3 Å². The number of alkyl halides is 3. The number of likely N-dealkylation sites (tertiary alicyclic amines) is 1. The molecule has 0 aromatic carbocycles. The Labute approximate surface area is 209 Å². The second-order valence-corrected chi connectivity index (χ2v) is 9.57. The van der Waals surface area contributed by atoms with E-state index in [1.807, 2.05) is 4.90 Å². The maximum absolute atomic E-state index is 14.6. The summed E-state index contributed by atoms with van der Waals surface area (Å²) in [4.78, 5) is 35.0. The molecule has 198 valence electrons. The van der Waals surface area contributed by atoms with Crippen LogP contribution in [-0.2, 0) is 13.2 Å². The van der Waals surface area contributed by atoms with E-state index < -0.39 is 34.7 Å². The summed E-state index contributed by atoms with van der Waals surface area (Å²) >= 11 is 0. The summed E-state index contributed by atoms with van der Waals surface area (Å²) < 4.78 is 55.6. The number of H-pyrrole nitrogens is 1. The summed E-state index contributed by atoms with van der Waals surface area (Å²) in [6.45, 7) is 2.72. The lowest BCUT2D eigenvalue weighted by Crippen LogP contribution is -2.44. The van der Waals surface area contributed by atoms with Gasteiger partial charge in [0.25, 0.3) is 11.5 Å². The fourth-order valence-corrected chi connectivity index (χ4v) is 5.48. The molecular weight excluding hydrogens is 494 g/mol. The van der Waals surface area contributed by atoms with Gasteiger partial charge < -0.3 is 15.2 Å². The zero-order chi connectivity index (χ0) is 26.5. The zero-order valence-corrected chi connectivity index (χ0v) is 20.4. The number of carbonyl (C=O) groups is 1.